The highest BCUT2D eigenvalue weighted by atomic mass is 16.4. The van der Waals surface area contributed by atoms with E-state index in [4.69, 9.17) is 10.8 Å². The van der Waals surface area contributed by atoms with Gasteiger partial charge in [0.15, 0.2) is 0 Å². The third kappa shape index (κ3) is 4.96. The number of aromatic nitrogens is 1. The summed E-state index contributed by atoms with van der Waals surface area (Å²) in [5, 5.41) is 11.1. The lowest BCUT2D eigenvalue weighted by Gasteiger charge is -2.03. The highest BCUT2D eigenvalue weighted by molar-refractivity contribution is 5.92. The van der Waals surface area contributed by atoms with E-state index in [1.807, 2.05) is 0 Å². The molecule has 0 unspecified atom stereocenters. The Morgan fingerprint density at radius 1 is 1.35 bits per heavy atom. The summed E-state index contributed by atoms with van der Waals surface area (Å²) in [6, 6.07) is 3.15. The molecule has 0 bridgehead atoms. The summed E-state index contributed by atoms with van der Waals surface area (Å²) in [6.07, 6.45) is 2.72. The first-order valence-corrected chi connectivity index (χ1v) is 5.31. The standard InChI is InChI=1S/C11H15N3O3/c12-8-4-5-9(14-7-8)11(17)13-6-2-1-3-10(15)16/h4-5,7H,1-3,6,12H2,(H,13,17)(H,15,16). The Bertz CT molecular complexity index is 389. The maximum absolute atomic E-state index is 11.5. The van der Waals surface area contributed by atoms with E-state index in [0.29, 0.717) is 30.8 Å². The number of unbranched alkanes of at least 4 members (excludes halogenated alkanes) is 1. The van der Waals surface area contributed by atoms with Crippen molar-refractivity contribution in [1.29, 1.82) is 0 Å². The molecule has 0 aromatic carbocycles. The van der Waals surface area contributed by atoms with Crippen molar-refractivity contribution in [2.24, 2.45) is 0 Å². The largest absolute Gasteiger partial charge is 0.481 e. The third-order valence-electron chi connectivity index (χ3n) is 2.12. The number of carboxylic acids is 1. The molecule has 1 rings (SSSR count). The summed E-state index contributed by atoms with van der Waals surface area (Å²) in [4.78, 5) is 25.6. The molecule has 0 aliphatic carbocycles. The molecule has 0 atom stereocenters. The maximum atomic E-state index is 11.5. The van der Waals surface area contributed by atoms with Crippen LogP contribution in [0.3, 0.4) is 0 Å². The first kappa shape index (κ1) is 13.0. The van der Waals surface area contributed by atoms with E-state index in [1.165, 1.54) is 6.20 Å². The van der Waals surface area contributed by atoms with Crippen molar-refractivity contribution in [2.45, 2.75) is 19.3 Å². The minimum absolute atomic E-state index is 0.121. The summed E-state index contributed by atoms with van der Waals surface area (Å²) in [5.41, 5.74) is 6.25. The first-order valence-electron chi connectivity index (χ1n) is 5.31. The van der Waals surface area contributed by atoms with Gasteiger partial charge in [-0.1, -0.05) is 0 Å². The lowest BCUT2D eigenvalue weighted by Crippen LogP contribution is -2.25. The number of carbonyl (C=O) groups is 2. The van der Waals surface area contributed by atoms with Gasteiger partial charge in [-0.25, -0.2) is 4.98 Å². The number of hydrogen-bond acceptors (Lipinski definition) is 4. The number of nitrogens with two attached hydrogens (primary N) is 1. The fourth-order valence-corrected chi connectivity index (χ4v) is 1.23. The SMILES string of the molecule is Nc1ccc(C(=O)NCCCCC(=O)O)nc1. The van der Waals surface area contributed by atoms with Gasteiger partial charge >= 0.3 is 5.97 Å². The first-order chi connectivity index (χ1) is 8.09. The van der Waals surface area contributed by atoms with Crippen LogP contribution in [0.5, 0.6) is 0 Å². The second-order valence-corrected chi connectivity index (χ2v) is 3.58. The number of nitrogen functional groups attached to an aromatic ring is 1. The van der Waals surface area contributed by atoms with Gasteiger partial charge in [0.05, 0.1) is 11.9 Å². The highest BCUT2D eigenvalue weighted by Crippen LogP contribution is 2.01. The predicted molar refractivity (Wildman–Crippen MR) is 62.5 cm³/mol. The predicted octanol–water partition coefficient (Wildman–Crippen LogP) is 0.648. The molecule has 92 valence electrons. The van der Waals surface area contributed by atoms with Crippen LogP contribution in [0.25, 0.3) is 0 Å². The Kier molecular flexibility index (Phi) is 4.93. The van der Waals surface area contributed by atoms with Gasteiger partial charge in [-0.15, -0.1) is 0 Å². The summed E-state index contributed by atoms with van der Waals surface area (Å²) < 4.78 is 0. The number of aliphatic carboxylic acids is 1. The minimum Gasteiger partial charge on any atom is -0.481 e. The molecular formula is C11H15N3O3. The molecule has 0 fully saturated rings. The molecule has 1 aromatic heterocycles. The van der Waals surface area contributed by atoms with Gasteiger partial charge in [0.2, 0.25) is 0 Å². The summed E-state index contributed by atoms with van der Waals surface area (Å²) in [7, 11) is 0. The molecule has 1 heterocycles. The van der Waals surface area contributed by atoms with Crippen LogP contribution in [0.4, 0.5) is 5.69 Å². The number of carbonyl (C=O) groups excluding carboxylic acids is 1. The Labute approximate surface area is 98.8 Å². The van der Waals surface area contributed by atoms with Crippen LogP contribution in [-0.4, -0.2) is 28.5 Å². The van der Waals surface area contributed by atoms with Crippen molar-refractivity contribution in [3.05, 3.63) is 24.0 Å². The fourth-order valence-electron chi connectivity index (χ4n) is 1.23. The molecule has 0 radical (unpaired) electrons. The maximum Gasteiger partial charge on any atom is 0.303 e. The van der Waals surface area contributed by atoms with Crippen molar-refractivity contribution in [1.82, 2.24) is 10.3 Å². The molecule has 0 saturated heterocycles. The molecule has 1 aromatic rings. The van der Waals surface area contributed by atoms with Crippen LogP contribution >= 0.6 is 0 Å². The average Bonchev–Trinajstić information content (AvgIpc) is 2.29. The normalized spacial score (nSPS) is 9.88. The second-order valence-electron chi connectivity index (χ2n) is 3.58. The molecule has 6 heteroatoms. The average molecular weight is 237 g/mol. The van der Waals surface area contributed by atoms with Gasteiger partial charge in [0.25, 0.3) is 5.91 Å². The van der Waals surface area contributed by atoms with Crippen LogP contribution in [-0.2, 0) is 4.79 Å². The van der Waals surface area contributed by atoms with E-state index in [-0.39, 0.29) is 12.3 Å². The zero-order chi connectivity index (χ0) is 12.7. The number of nitrogens with zero attached hydrogens (tertiary/aromatic N) is 1. The molecule has 0 spiro atoms. The number of carboxylic acid groups (broad SMARTS) is 1. The van der Waals surface area contributed by atoms with Crippen molar-refractivity contribution in [3.8, 4) is 0 Å². The smallest absolute Gasteiger partial charge is 0.303 e. The molecule has 17 heavy (non-hydrogen) atoms. The van der Waals surface area contributed by atoms with Crippen LogP contribution in [0.2, 0.25) is 0 Å². The van der Waals surface area contributed by atoms with Gasteiger partial charge < -0.3 is 16.2 Å². The minimum atomic E-state index is -0.823. The Balaban J connectivity index is 2.25. The summed E-state index contributed by atoms with van der Waals surface area (Å²) in [5.74, 6) is -1.10. The summed E-state index contributed by atoms with van der Waals surface area (Å²) in [6.45, 7) is 0.443. The van der Waals surface area contributed by atoms with Crippen LogP contribution < -0.4 is 11.1 Å². The third-order valence-corrected chi connectivity index (χ3v) is 2.12. The number of amides is 1. The van der Waals surface area contributed by atoms with Gasteiger partial charge in [-0.05, 0) is 25.0 Å². The van der Waals surface area contributed by atoms with E-state index >= 15 is 0 Å². The molecular weight excluding hydrogens is 222 g/mol. The van der Waals surface area contributed by atoms with Crippen LogP contribution in [0.1, 0.15) is 29.8 Å². The fraction of sp³-hybridized carbons (Fsp3) is 0.364. The number of anilines is 1. The zero-order valence-corrected chi connectivity index (χ0v) is 9.35. The summed E-state index contributed by atoms with van der Waals surface area (Å²) >= 11 is 0. The van der Waals surface area contributed by atoms with E-state index in [0.717, 1.165) is 0 Å². The van der Waals surface area contributed by atoms with Crippen molar-refractivity contribution in [3.63, 3.8) is 0 Å². The lowest BCUT2D eigenvalue weighted by molar-refractivity contribution is -0.137. The molecule has 0 saturated carbocycles. The molecule has 6 nitrogen and oxygen atoms in total. The zero-order valence-electron chi connectivity index (χ0n) is 9.35. The van der Waals surface area contributed by atoms with E-state index in [1.54, 1.807) is 12.1 Å². The number of hydrogen-bond donors (Lipinski definition) is 3. The van der Waals surface area contributed by atoms with Crippen LogP contribution in [0, 0.1) is 0 Å². The molecule has 0 aliphatic rings. The highest BCUT2D eigenvalue weighted by Gasteiger charge is 2.05. The van der Waals surface area contributed by atoms with Crippen molar-refractivity contribution >= 4 is 17.6 Å². The Morgan fingerprint density at radius 2 is 2.12 bits per heavy atom. The van der Waals surface area contributed by atoms with Gasteiger partial charge in [0.1, 0.15) is 5.69 Å². The quantitative estimate of drug-likeness (QED) is 0.630. The topological polar surface area (TPSA) is 105 Å². The van der Waals surface area contributed by atoms with E-state index < -0.39 is 5.97 Å². The Hall–Kier alpha value is -2.11. The molecule has 0 aliphatic heterocycles. The number of pyridine rings is 1. The van der Waals surface area contributed by atoms with E-state index in [2.05, 4.69) is 10.3 Å². The number of nitrogens with one attached hydrogen (secondary N) is 1. The molecule has 1 amide bonds. The van der Waals surface area contributed by atoms with Gasteiger partial charge in [-0.3, -0.25) is 9.59 Å². The molecule has 4 N–H and O–H groups in total. The van der Waals surface area contributed by atoms with Crippen LogP contribution in [0.15, 0.2) is 18.3 Å². The monoisotopic (exact) mass is 237 g/mol. The lowest BCUT2D eigenvalue weighted by atomic mass is 10.2. The van der Waals surface area contributed by atoms with Crippen molar-refractivity contribution < 1.29 is 14.7 Å². The van der Waals surface area contributed by atoms with Gasteiger partial charge in [0, 0.05) is 13.0 Å². The number of rotatable bonds is 6. The van der Waals surface area contributed by atoms with Gasteiger partial charge in [-0.2, -0.15) is 0 Å². The second kappa shape index (κ2) is 6.47. The Morgan fingerprint density at radius 3 is 2.71 bits per heavy atom. The van der Waals surface area contributed by atoms with E-state index in [9.17, 15) is 9.59 Å². The van der Waals surface area contributed by atoms with Crippen molar-refractivity contribution in [2.75, 3.05) is 12.3 Å².